The van der Waals surface area contributed by atoms with Gasteiger partial charge in [0.2, 0.25) is 5.91 Å². The summed E-state index contributed by atoms with van der Waals surface area (Å²) in [7, 11) is 0. The number of carbonyl (C=O) groups is 2. The predicted molar refractivity (Wildman–Crippen MR) is 124 cm³/mol. The number of primary amides is 1. The van der Waals surface area contributed by atoms with Crippen LogP contribution < -0.4 is 5.73 Å². The highest BCUT2D eigenvalue weighted by atomic mass is 16.6. The molecular formula is C25H26N6O3. The van der Waals surface area contributed by atoms with Crippen LogP contribution in [0.2, 0.25) is 0 Å². The van der Waals surface area contributed by atoms with Gasteiger partial charge in [-0.1, -0.05) is 48.5 Å². The summed E-state index contributed by atoms with van der Waals surface area (Å²) in [6.45, 7) is 1.74. The van der Waals surface area contributed by atoms with Gasteiger partial charge in [0.05, 0.1) is 29.9 Å². The topological polar surface area (TPSA) is 128 Å². The number of carbonyl (C=O) groups excluding carboxylic acids is 2. The molecule has 3 aromatic rings. The highest BCUT2D eigenvalue weighted by molar-refractivity contribution is 5.86. The molecule has 3 N–H and O–H groups in total. The number of piperazine rings is 1. The molecule has 0 saturated carbocycles. The molecule has 2 amide bonds. The quantitative estimate of drug-likeness (QED) is 0.558. The molecule has 1 aliphatic rings. The summed E-state index contributed by atoms with van der Waals surface area (Å²) >= 11 is 0. The molecule has 1 aromatic heterocycles. The maximum Gasteiger partial charge on any atom is 0.410 e. The molecule has 0 aliphatic carbocycles. The van der Waals surface area contributed by atoms with E-state index < -0.39 is 17.5 Å². The van der Waals surface area contributed by atoms with E-state index in [1.54, 1.807) is 23.2 Å². The predicted octanol–water partition coefficient (Wildman–Crippen LogP) is 2.16. The second kappa shape index (κ2) is 10.2. The highest BCUT2D eigenvalue weighted by Crippen LogP contribution is 2.33. The van der Waals surface area contributed by atoms with Gasteiger partial charge in [-0.3, -0.25) is 9.69 Å². The number of nitrogens with zero attached hydrogens (tertiary/aromatic N) is 4. The third-order valence-electron chi connectivity index (χ3n) is 6.22. The number of amides is 2. The van der Waals surface area contributed by atoms with Gasteiger partial charge in [0, 0.05) is 32.6 Å². The van der Waals surface area contributed by atoms with Crippen LogP contribution in [-0.4, -0.2) is 57.9 Å². The summed E-state index contributed by atoms with van der Waals surface area (Å²) in [5, 5.41) is 9.57. The van der Waals surface area contributed by atoms with Crippen molar-refractivity contribution >= 4 is 12.0 Å². The first-order valence-corrected chi connectivity index (χ1v) is 11.0. The Kier molecular flexibility index (Phi) is 6.90. The molecule has 0 spiro atoms. The summed E-state index contributed by atoms with van der Waals surface area (Å²) in [4.78, 5) is 36.4. The fourth-order valence-electron chi connectivity index (χ4n) is 4.38. The minimum atomic E-state index is -1.25. The molecule has 1 unspecified atom stereocenters. The largest absolute Gasteiger partial charge is 0.445 e. The van der Waals surface area contributed by atoms with Crippen LogP contribution >= 0.6 is 0 Å². The van der Waals surface area contributed by atoms with Crippen molar-refractivity contribution < 1.29 is 14.3 Å². The van der Waals surface area contributed by atoms with Crippen LogP contribution in [0.15, 0.2) is 67.1 Å². The maximum atomic E-state index is 13.0. The molecule has 0 radical (unpaired) electrons. The lowest BCUT2D eigenvalue weighted by Crippen LogP contribution is -2.62. The van der Waals surface area contributed by atoms with E-state index in [-0.39, 0.29) is 13.0 Å². The molecule has 9 nitrogen and oxygen atoms in total. The van der Waals surface area contributed by atoms with Crippen LogP contribution in [0.4, 0.5) is 4.79 Å². The Morgan fingerprint density at radius 3 is 2.44 bits per heavy atom. The first-order valence-electron chi connectivity index (χ1n) is 11.0. The van der Waals surface area contributed by atoms with E-state index >= 15 is 0 Å². The fourth-order valence-corrected chi connectivity index (χ4v) is 4.38. The molecule has 1 aliphatic heterocycles. The van der Waals surface area contributed by atoms with Crippen LogP contribution in [0.5, 0.6) is 0 Å². The van der Waals surface area contributed by atoms with E-state index in [2.05, 4.69) is 16.0 Å². The van der Waals surface area contributed by atoms with E-state index in [4.69, 9.17) is 10.5 Å². The van der Waals surface area contributed by atoms with Gasteiger partial charge in [0.15, 0.2) is 0 Å². The molecule has 174 valence electrons. The zero-order valence-electron chi connectivity index (χ0n) is 18.7. The second-order valence-corrected chi connectivity index (χ2v) is 8.15. The molecule has 1 atom stereocenters. The van der Waals surface area contributed by atoms with Crippen molar-refractivity contribution in [2.75, 3.05) is 26.2 Å². The molecule has 0 bridgehead atoms. The number of ether oxygens (including phenoxy) is 1. The first-order chi connectivity index (χ1) is 16.5. The summed E-state index contributed by atoms with van der Waals surface area (Å²) < 4.78 is 5.46. The zero-order chi connectivity index (χ0) is 24.0. The van der Waals surface area contributed by atoms with Crippen molar-refractivity contribution in [3.05, 3.63) is 89.5 Å². The van der Waals surface area contributed by atoms with E-state index in [1.165, 1.54) is 6.33 Å². The number of imidazole rings is 1. The van der Waals surface area contributed by atoms with E-state index in [9.17, 15) is 14.9 Å². The van der Waals surface area contributed by atoms with E-state index in [0.29, 0.717) is 43.0 Å². The minimum absolute atomic E-state index is 0.199. The Labute approximate surface area is 197 Å². The van der Waals surface area contributed by atoms with Gasteiger partial charge < -0.3 is 20.4 Å². The number of nitriles is 1. The van der Waals surface area contributed by atoms with Crippen molar-refractivity contribution in [1.29, 1.82) is 5.26 Å². The molecule has 2 aromatic carbocycles. The third-order valence-corrected chi connectivity index (χ3v) is 6.22. The lowest BCUT2D eigenvalue weighted by molar-refractivity contribution is -0.132. The van der Waals surface area contributed by atoms with Gasteiger partial charge in [-0.05, 0) is 17.2 Å². The molecule has 34 heavy (non-hydrogen) atoms. The Morgan fingerprint density at radius 1 is 1.09 bits per heavy atom. The average molecular weight is 459 g/mol. The average Bonchev–Trinajstić information content (AvgIpc) is 3.42. The van der Waals surface area contributed by atoms with E-state index in [1.807, 2.05) is 47.4 Å². The number of hydrogen-bond donors (Lipinski definition) is 2. The van der Waals surface area contributed by atoms with Gasteiger partial charge in [0.25, 0.3) is 0 Å². The van der Waals surface area contributed by atoms with Gasteiger partial charge in [-0.2, -0.15) is 5.26 Å². The molecule has 1 fully saturated rings. The Hall–Kier alpha value is -4.16. The zero-order valence-corrected chi connectivity index (χ0v) is 18.7. The van der Waals surface area contributed by atoms with Gasteiger partial charge in [-0.15, -0.1) is 0 Å². The smallest absolute Gasteiger partial charge is 0.410 e. The van der Waals surface area contributed by atoms with E-state index in [0.717, 1.165) is 5.56 Å². The number of benzene rings is 2. The van der Waals surface area contributed by atoms with Crippen molar-refractivity contribution in [2.45, 2.75) is 18.6 Å². The standard InChI is InChI=1S/C25H26N6O3/c26-15-21-9-5-4-8-20(21)14-25(23(27)32,22-16-28-18-29-22)31-12-10-30(11-13-31)24(33)34-17-19-6-2-1-3-7-19/h1-9,16,18H,10-14,17H2,(H2,27,32)(H,28,29). The number of nitrogens with one attached hydrogen (secondary N) is 1. The lowest BCUT2D eigenvalue weighted by atomic mass is 9.83. The van der Waals surface area contributed by atoms with Crippen LogP contribution in [0, 0.1) is 11.3 Å². The number of H-pyrrole nitrogens is 1. The Balaban J connectivity index is 1.52. The summed E-state index contributed by atoms with van der Waals surface area (Å²) in [5.74, 6) is -0.551. The van der Waals surface area contributed by atoms with Gasteiger partial charge >= 0.3 is 6.09 Å². The number of nitrogens with two attached hydrogens (primary N) is 1. The number of aromatic nitrogens is 2. The number of hydrogen-bond acceptors (Lipinski definition) is 6. The maximum absolute atomic E-state index is 13.0. The van der Waals surface area contributed by atoms with Crippen molar-refractivity contribution in [3.63, 3.8) is 0 Å². The second-order valence-electron chi connectivity index (χ2n) is 8.15. The summed E-state index contributed by atoms with van der Waals surface area (Å²) in [5.41, 5.74) is 7.43. The minimum Gasteiger partial charge on any atom is -0.445 e. The third kappa shape index (κ3) is 4.63. The number of rotatable bonds is 7. The van der Waals surface area contributed by atoms with Crippen LogP contribution in [0.1, 0.15) is 22.4 Å². The first kappa shape index (κ1) is 23.0. The van der Waals surface area contributed by atoms with Crippen LogP contribution in [0.25, 0.3) is 0 Å². The Morgan fingerprint density at radius 2 is 1.79 bits per heavy atom. The number of aromatic amines is 1. The van der Waals surface area contributed by atoms with Crippen LogP contribution in [-0.2, 0) is 28.1 Å². The summed E-state index contributed by atoms with van der Waals surface area (Å²) in [6.07, 6.45) is 2.89. The highest BCUT2D eigenvalue weighted by Gasteiger charge is 2.47. The fraction of sp³-hybridized carbons (Fsp3) is 0.280. The van der Waals surface area contributed by atoms with Crippen molar-refractivity contribution in [1.82, 2.24) is 19.8 Å². The lowest BCUT2D eigenvalue weighted by Gasteiger charge is -2.45. The van der Waals surface area contributed by atoms with Gasteiger partial charge in [-0.25, -0.2) is 9.78 Å². The molecular weight excluding hydrogens is 432 g/mol. The molecule has 4 rings (SSSR count). The SMILES string of the molecule is N#Cc1ccccc1CC(C(N)=O)(c1cnc[nH]1)N1CCN(C(=O)OCc2ccccc2)CC1. The summed E-state index contributed by atoms with van der Waals surface area (Å²) in [6, 6.07) is 18.8. The molecule has 9 heteroatoms. The van der Waals surface area contributed by atoms with Gasteiger partial charge in [0.1, 0.15) is 12.1 Å². The van der Waals surface area contributed by atoms with Crippen LogP contribution in [0.3, 0.4) is 0 Å². The van der Waals surface area contributed by atoms with Crippen molar-refractivity contribution in [3.8, 4) is 6.07 Å². The molecule has 2 heterocycles. The van der Waals surface area contributed by atoms with Crippen molar-refractivity contribution in [2.24, 2.45) is 5.73 Å². The molecule has 1 saturated heterocycles. The Bertz CT molecular complexity index is 1170. The monoisotopic (exact) mass is 458 g/mol. The normalized spacial score (nSPS) is 15.8.